The van der Waals surface area contributed by atoms with E-state index >= 15 is 0 Å². The molecule has 2 aliphatic rings. The molecule has 7 heteroatoms. The summed E-state index contributed by atoms with van der Waals surface area (Å²) in [6, 6.07) is 10.6. The summed E-state index contributed by atoms with van der Waals surface area (Å²) in [6.45, 7) is 6.06. The first-order chi connectivity index (χ1) is 13.2. The topological polar surface area (TPSA) is 63.5 Å². The minimum absolute atomic E-state index is 0.0781. The van der Waals surface area contributed by atoms with Crippen LogP contribution in [0.5, 0.6) is 0 Å². The van der Waals surface area contributed by atoms with Crippen molar-refractivity contribution in [1.82, 2.24) is 19.7 Å². The average molecular weight is 369 g/mol. The molecule has 27 heavy (non-hydrogen) atoms. The highest BCUT2D eigenvalue weighted by atomic mass is 16.5. The summed E-state index contributed by atoms with van der Waals surface area (Å²) in [5.41, 5.74) is 1.31. The molecule has 0 amide bonds. The van der Waals surface area contributed by atoms with Crippen LogP contribution in [-0.2, 0) is 28.9 Å². The molecule has 1 aromatic heterocycles. The third-order valence-corrected chi connectivity index (χ3v) is 5.71. The number of carbonyl (C=O) groups excluding carboxylic acids is 1. The molecule has 1 atom stereocenters. The van der Waals surface area contributed by atoms with Crippen molar-refractivity contribution >= 4 is 11.7 Å². The molecule has 144 valence electrons. The molecular weight excluding hydrogens is 342 g/mol. The lowest BCUT2D eigenvalue weighted by molar-refractivity contribution is -0.146. The standard InChI is InChI=1S/C20H27N5O2/c1-27-20(26)16-7-10-25-18(21-22-19(25)15-16)8-9-23-11-13-24(14-12-23)17-5-3-2-4-6-17/h2-6,16H,7-15H2,1H3. The van der Waals surface area contributed by atoms with Gasteiger partial charge in [0.15, 0.2) is 0 Å². The molecule has 1 saturated heterocycles. The van der Waals surface area contributed by atoms with Crippen LogP contribution in [0.25, 0.3) is 0 Å². The third-order valence-electron chi connectivity index (χ3n) is 5.71. The Kier molecular flexibility index (Phi) is 5.38. The first-order valence-corrected chi connectivity index (χ1v) is 9.75. The number of ether oxygens (including phenoxy) is 1. The Morgan fingerprint density at radius 1 is 1.11 bits per heavy atom. The lowest BCUT2D eigenvalue weighted by atomic mass is 9.98. The number of piperazine rings is 1. The molecule has 0 bridgehead atoms. The van der Waals surface area contributed by atoms with Gasteiger partial charge in [-0.15, -0.1) is 10.2 Å². The summed E-state index contributed by atoms with van der Waals surface area (Å²) in [5.74, 6) is 1.74. The first-order valence-electron chi connectivity index (χ1n) is 9.75. The van der Waals surface area contributed by atoms with Crippen molar-refractivity contribution in [1.29, 1.82) is 0 Å². The highest BCUT2D eigenvalue weighted by Gasteiger charge is 2.28. The number of esters is 1. The van der Waals surface area contributed by atoms with E-state index in [1.165, 1.54) is 12.8 Å². The van der Waals surface area contributed by atoms with E-state index in [9.17, 15) is 4.79 Å². The zero-order valence-corrected chi connectivity index (χ0v) is 15.9. The van der Waals surface area contributed by atoms with E-state index < -0.39 is 0 Å². The van der Waals surface area contributed by atoms with Crippen LogP contribution in [0.3, 0.4) is 0 Å². The lowest BCUT2D eigenvalue weighted by Crippen LogP contribution is -2.47. The Balaban J connectivity index is 1.28. The Morgan fingerprint density at radius 3 is 2.63 bits per heavy atom. The predicted octanol–water partition coefficient (Wildman–Crippen LogP) is 1.38. The molecule has 1 aromatic carbocycles. The first kappa shape index (κ1) is 18.0. The maximum Gasteiger partial charge on any atom is 0.309 e. The highest BCUT2D eigenvalue weighted by Crippen LogP contribution is 2.22. The van der Waals surface area contributed by atoms with Crippen LogP contribution in [0.2, 0.25) is 0 Å². The number of benzene rings is 1. The second kappa shape index (κ2) is 8.08. The van der Waals surface area contributed by atoms with Crippen molar-refractivity contribution in [3.63, 3.8) is 0 Å². The Bertz CT molecular complexity index is 768. The van der Waals surface area contributed by atoms with Gasteiger partial charge in [0.05, 0.1) is 13.0 Å². The SMILES string of the molecule is COC(=O)C1CCn2c(CCN3CCN(c4ccccc4)CC3)nnc2C1. The van der Waals surface area contributed by atoms with E-state index in [0.29, 0.717) is 6.42 Å². The second-order valence-electron chi connectivity index (χ2n) is 7.31. The van der Waals surface area contributed by atoms with Crippen LogP contribution < -0.4 is 4.90 Å². The van der Waals surface area contributed by atoms with Gasteiger partial charge in [0, 0.05) is 57.8 Å². The average Bonchev–Trinajstić information content (AvgIpc) is 3.15. The molecule has 0 spiro atoms. The van der Waals surface area contributed by atoms with Gasteiger partial charge in [0.1, 0.15) is 11.6 Å². The van der Waals surface area contributed by atoms with Gasteiger partial charge in [-0.1, -0.05) is 18.2 Å². The Morgan fingerprint density at radius 2 is 1.89 bits per heavy atom. The minimum Gasteiger partial charge on any atom is -0.469 e. The van der Waals surface area contributed by atoms with Crippen LogP contribution in [0.4, 0.5) is 5.69 Å². The number of rotatable bonds is 5. The van der Waals surface area contributed by atoms with E-state index in [4.69, 9.17) is 4.74 Å². The monoisotopic (exact) mass is 369 g/mol. The molecule has 1 unspecified atom stereocenters. The van der Waals surface area contributed by atoms with Gasteiger partial charge in [-0.25, -0.2) is 0 Å². The summed E-state index contributed by atoms with van der Waals surface area (Å²) < 4.78 is 7.07. The number of fused-ring (bicyclic) bond motifs is 1. The molecule has 1 fully saturated rings. The fourth-order valence-electron chi connectivity index (χ4n) is 4.07. The van der Waals surface area contributed by atoms with Gasteiger partial charge in [0.25, 0.3) is 0 Å². The van der Waals surface area contributed by atoms with Gasteiger partial charge >= 0.3 is 5.97 Å². The summed E-state index contributed by atoms with van der Waals surface area (Å²) in [6.07, 6.45) is 2.34. The van der Waals surface area contributed by atoms with E-state index in [1.54, 1.807) is 0 Å². The van der Waals surface area contributed by atoms with Crippen LogP contribution in [0.1, 0.15) is 18.1 Å². The number of methoxy groups -OCH3 is 1. The summed E-state index contributed by atoms with van der Waals surface area (Å²) in [5, 5.41) is 8.71. The summed E-state index contributed by atoms with van der Waals surface area (Å²) >= 11 is 0. The van der Waals surface area contributed by atoms with Crippen LogP contribution in [-0.4, -0.2) is 65.5 Å². The zero-order chi connectivity index (χ0) is 18.6. The van der Waals surface area contributed by atoms with Gasteiger partial charge in [-0.2, -0.15) is 0 Å². The van der Waals surface area contributed by atoms with E-state index in [2.05, 4.69) is 54.9 Å². The Hall–Kier alpha value is -2.41. The summed E-state index contributed by atoms with van der Waals surface area (Å²) in [4.78, 5) is 16.7. The van der Waals surface area contributed by atoms with Crippen LogP contribution >= 0.6 is 0 Å². The smallest absolute Gasteiger partial charge is 0.309 e. The van der Waals surface area contributed by atoms with E-state index in [1.807, 2.05) is 0 Å². The maximum atomic E-state index is 11.8. The minimum atomic E-state index is -0.137. The normalized spacial score (nSPS) is 20.3. The van der Waals surface area contributed by atoms with Crippen LogP contribution in [0, 0.1) is 5.92 Å². The molecule has 2 aliphatic heterocycles. The largest absolute Gasteiger partial charge is 0.469 e. The molecular formula is C20H27N5O2. The van der Waals surface area contributed by atoms with Crippen LogP contribution in [0.15, 0.2) is 30.3 Å². The predicted molar refractivity (Wildman–Crippen MR) is 103 cm³/mol. The van der Waals surface area contributed by atoms with Gasteiger partial charge < -0.3 is 14.2 Å². The van der Waals surface area contributed by atoms with Gasteiger partial charge in [-0.05, 0) is 18.6 Å². The van der Waals surface area contributed by atoms with Crippen molar-refractivity contribution in [2.24, 2.45) is 5.92 Å². The van der Waals surface area contributed by atoms with Crippen molar-refractivity contribution in [2.45, 2.75) is 25.8 Å². The summed E-state index contributed by atoms with van der Waals surface area (Å²) in [7, 11) is 1.45. The molecule has 0 N–H and O–H groups in total. The van der Waals surface area contributed by atoms with Crippen molar-refractivity contribution in [3.8, 4) is 0 Å². The quantitative estimate of drug-likeness (QED) is 0.742. The van der Waals surface area contributed by atoms with Gasteiger partial charge in [-0.3, -0.25) is 9.69 Å². The van der Waals surface area contributed by atoms with Gasteiger partial charge in [0.2, 0.25) is 0 Å². The molecule has 0 saturated carbocycles. The molecule has 7 nitrogen and oxygen atoms in total. The number of hydrogen-bond donors (Lipinski definition) is 0. The second-order valence-corrected chi connectivity index (χ2v) is 7.31. The number of aromatic nitrogens is 3. The third kappa shape index (κ3) is 3.98. The molecule has 0 aliphatic carbocycles. The molecule has 2 aromatic rings. The highest BCUT2D eigenvalue weighted by molar-refractivity contribution is 5.72. The number of carbonyl (C=O) groups is 1. The van der Waals surface area contributed by atoms with Crippen molar-refractivity contribution in [2.75, 3.05) is 44.7 Å². The molecule has 0 radical (unpaired) electrons. The Labute approximate surface area is 159 Å². The number of hydrogen-bond acceptors (Lipinski definition) is 6. The number of nitrogens with zero attached hydrogens (tertiary/aromatic N) is 5. The number of anilines is 1. The lowest BCUT2D eigenvalue weighted by Gasteiger charge is -2.36. The van der Waals surface area contributed by atoms with Crippen molar-refractivity contribution in [3.05, 3.63) is 42.0 Å². The van der Waals surface area contributed by atoms with Crippen molar-refractivity contribution < 1.29 is 9.53 Å². The molecule has 3 heterocycles. The molecule has 4 rings (SSSR count). The fraction of sp³-hybridized carbons (Fsp3) is 0.550. The van der Waals surface area contributed by atoms with E-state index in [0.717, 1.165) is 63.8 Å². The zero-order valence-electron chi connectivity index (χ0n) is 15.9. The van der Waals surface area contributed by atoms with E-state index in [-0.39, 0.29) is 11.9 Å². The fourth-order valence-corrected chi connectivity index (χ4v) is 4.07. The number of para-hydroxylation sites is 1. The maximum absolute atomic E-state index is 11.8.